The van der Waals surface area contributed by atoms with Crippen LogP contribution in [-0.2, 0) is 10.9 Å². The number of nitrogens with zero attached hydrogens (tertiary/aromatic N) is 6. The highest BCUT2D eigenvalue weighted by Gasteiger charge is 2.36. The van der Waals surface area contributed by atoms with E-state index in [9.17, 15) is 22.8 Å². The molecule has 3 aromatic heterocycles. The first-order valence-corrected chi connectivity index (χ1v) is 8.82. The normalized spacial score (nSPS) is 12.7. The Labute approximate surface area is 167 Å². The summed E-state index contributed by atoms with van der Waals surface area (Å²) in [6, 6.07) is 1.69. The van der Waals surface area contributed by atoms with Crippen LogP contribution in [0.5, 0.6) is 0 Å². The van der Waals surface area contributed by atoms with Gasteiger partial charge in [0.2, 0.25) is 5.89 Å². The predicted molar refractivity (Wildman–Crippen MR) is 93.6 cm³/mol. The van der Waals surface area contributed by atoms with E-state index in [-0.39, 0.29) is 29.5 Å². The second kappa shape index (κ2) is 7.72. The highest BCUT2D eigenvalue weighted by molar-refractivity contribution is 6.00. The number of amides is 1. The molecule has 3 rings (SSSR count). The first kappa shape index (κ1) is 21.2. The average Bonchev–Trinajstić information content (AvgIpc) is 3.24. The van der Waals surface area contributed by atoms with Crippen molar-refractivity contribution >= 4 is 17.6 Å². The summed E-state index contributed by atoms with van der Waals surface area (Å²) in [5.41, 5.74) is -2.09. The van der Waals surface area contributed by atoms with Crippen LogP contribution in [0.15, 0.2) is 21.5 Å². The zero-order valence-electron chi connectivity index (χ0n) is 16.4. The Bertz CT molecular complexity index is 1190. The molecule has 0 fully saturated rings. The summed E-state index contributed by atoms with van der Waals surface area (Å²) in [6.45, 7) is 6.33. The standard InChI is InChI=1S/C17H17F3N6O4/c1-5-29-16(28)26-15(30-9(4)24-26)21-14(27)10-6-7-11(17(18,19)20)25-12(8(2)3)22-23-13(10)25/h6-8H,5H2,1-4H3. The molecule has 1 amide bonds. The average molecular weight is 426 g/mol. The molecule has 0 N–H and O–H groups in total. The number of halogens is 3. The molecule has 3 aromatic rings. The lowest BCUT2D eigenvalue weighted by Crippen LogP contribution is -2.27. The molecule has 10 nitrogen and oxygen atoms in total. The first-order chi connectivity index (χ1) is 14.0. The number of fused-ring (bicyclic) bond motifs is 1. The Balaban J connectivity index is 2.19. The van der Waals surface area contributed by atoms with Crippen LogP contribution in [0.25, 0.3) is 5.65 Å². The van der Waals surface area contributed by atoms with Crippen molar-refractivity contribution < 1.29 is 31.9 Å². The fourth-order valence-electron chi connectivity index (χ4n) is 2.68. The zero-order chi connectivity index (χ0) is 22.2. The van der Waals surface area contributed by atoms with E-state index in [4.69, 9.17) is 9.15 Å². The molecule has 0 unspecified atom stereocenters. The van der Waals surface area contributed by atoms with E-state index in [1.807, 2.05) is 0 Å². The molecule has 160 valence electrons. The van der Waals surface area contributed by atoms with E-state index in [1.54, 1.807) is 20.8 Å². The molecule has 0 spiro atoms. The van der Waals surface area contributed by atoms with Crippen molar-refractivity contribution in [1.29, 1.82) is 0 Å². The lowest BCUT2D eigenvalue weighted by atomic mass is 10.1. The fourth-order valence-corrected chi connectivity index (χ4v) is 2.68. The van der Waals surface area contributed by atoms with Crippen LogP contribution >= 0.6 is 0 Å². The monoisotopic (exact) mass is 426 g/mol. The van der Waals surface area contributed by atoms with Gasteiger partial charge in [0.05, 0.1) is 12.2 Å². The number of hydrogen-bond acceptors (Lipinski definition) is 7. The van der Waals surface area contributed by atoms with Gasteiger partial charge in [-0.05, 0) is 19.1 Å². The topological polar surface area (TPSA) is 117 Å². The number of hydrogen-bond donors (Lipinski definition) is 0. The highest BCUT2D eigenvalue weighted by atomic mass is 19.4. The SMILES string of the molecule is CCOC(=O)n1nc(C)oc1=NC(=O)c1ccc(C(F)(F)F)n2c(C(C)C)nnc12. The molecule has 0 radical (unpaired) electrons. The Hall–Kier alpha value is -3.51. The molecule has 0 aliphatic rings. The molecular weight excluding hydrogens is 409 g/mol. The van der Waals surface area contributed by atoms with Crippen LogP contribution in [0.2, 0.25) is 0 Å². The lowest BCUT2D eigenvalue weighted by Gasteiger charge is -2.13. The maximum atomic E-state index is 13.5. The van der Waals surface area contributed by atoms with Gasteiger partial charge in [-0.3, -0.25) is 9.20 Å². The number of carbonyl (C=O) groups excluding carboxylic acids is 2. The van der Waals surface area contributed by atoms with Gasteiger partial charge in [-0.1, -0.05) is 13.8 Å². The molecule has 0 aliphatic carbocycles. The van der Waals surface area contributed by atoms with Gasteiger partial charge in [0.1, 0.15) is 11.5 Å². The highest BCUT2D eigenvalue weighted by Crippen LogP contribution is 2.32. The zero-order valence-corrected chi connectivity index (χ0v) is 16.4. The van der Waals surface area contributed by atoms with Crippen molar-refractivity contribution in [1.82, 2.24) is 24.4 Å². The van der Waals surface area contributed by atoms with Gasteiger partial charge >= 0.3 is 18.0 Å². The van der Waals surface area contributed by atoms with Crippen LogP contribution in [-0.4, -0.2) is 43.0 Å². The second-order valence-corrected chi connectivity index (χ2v) is 6.43. The number of carbonyl (C=O) groups is 2. The minimum atomic E-state index is -4.70. The van der Waals surface area contributed by atoms with Crippen LogP contribution in [0.1, 0.15) is 54.5 Å². The van der Waals surface area contributed by atoms with Crippen molar-refractivity contribution in [2.24, 2.45) is 4.99 Å². The Kier molecular flexibility index (Phi) is 5.46. The molecule has 0 aromatic carbocycles. The Morgan fingerprint density at radius 2 is 1.97 bits per heavy atom. The number of ether oxygens (including phenoxy) is 1. The minimum absolute atomic E-state index is 0.0248. The van der Waals surface area contributed by atoms with E-state index in [0.29, 0.717) is 4.68 Å². The minimum Gasteiger partial charge on any atom is -0.448 e. The van der Waals surface area contributed by atoms with Crippen molar-refractivity contribution in [3.8, 4) is 0 Å². The first-order valence-electron chi connectivity index (χ1n) is 8.82. The van der Waals surface area contributed by atoms with E-state index in [1.165, 1.54) is 6.92 Å². The largest absolute Gasteiger partial charge is 0.448 e. The third-order valence-corrected chi connectivity index (χ3v) is 3.91. The number of aromatic nitrogens is 5. The Morgan fingerprint density at radius 3 is 2.57 bits per heavy atom. The summed E-state index contributed by atoms with van der Waals surface area (Å²) < 4.78 is 51.8. The second-order valence-electron chi connectivity index (χ2n) is 6.43. The summed E-state index contributed by atoms with van der Waals surface area (Å²) in [4.78, 5) is 28.3. The summed E-state index contributed by atoms with van der Waals surface area (Å²) >= 11 is 0. The molecule has 0 saturated carbocycles. The summed E-state index contributed by atoms with van der Waals surface area (Å²) in [6.07, 6.45) is -5.62. The van der Waals surface area contributed by atoms with E-state index in [0.717, 1.165) is 16.5 Å². The molecule has 0 saturated heterocycles. The van der Waals surface area contributed by atoms with Crippen LogP contribution in [0.3, 0.4) is 0 Å². The predicted octanol–water partition coefficient (Wildman–Crippen LogP) is 2.72. The summed E-state index contributed by atoms with van der Waals surface area (Å²) in [5, 5.41) is 11.3. The van der Waals surface area contributed by atoms with Gasteiger partial charge in [-0.15, -0.1) is 20.0 Å². The quantitative estimate of drug-likeness (QED) is 0.632. The maximum Gasteiger partial charge on any atom is 0.439 e. The molecule has 0 aliphatic heterocycles. The molecular formula is C17H17F3N6O4. The fraction of sp³-hybridized carbons (Fsp3) is 0.412. The van der Waals surface area contributed by atoms with Gasteiger partial charge in [0, 0.05) is 12.8 Å². The smallest absolute Gasteiger partial charge is 0.439 e. The van der Waals surface area contributed by atoms with Gasteiger partial charge in [0.15, 0.2) is 5.65 Å². The maximum absolute atomic E-state index is 13.5. The van der Waals surface area contributed by atoms with Crippen molar-refractivity contribution in [2.45, 2.75) is 39.8 Å². The van der Waals surface area contributed by atoms with Gasteiger partial charge in [-0.2, -0.15) is 18.2 Å². The van der Waals surface area contributed by atoms with Crippen molar-refractivity contribution in [2.75, 3.05) is 6.61 Å². The van der Waals surface area contributed by atoms with Gasteiger partial charge in [-0.25, -0.2) is 4.79 Å². The molecule has 3 heterocycles. The number of pyridine rings is 1. The van der Waals surface area contributed by atoms with Crippen molar-refractivity contribution in [3.63, 3.8) is 0 Å². The Morgan fingerprint density at radius 1 is 1.27 bits per heavy atom. The number of rotatable bonds is 3. The van der Waals surface area contributed by atoms with Crippen LogP contribution in [0, 0.1) is 6.92 Å². The lowest BCUT2D eigenvalue weighted by molar-refractivity contribution is -0.142. The van der Waals surface area contributed by atoms with E-state index < -0.39 is 35.5 Å². The van der Waals surface area contributed by atoms with Crippen LogP contribution < -0.4 is 5.68 Å². The molecule has 0 bridgehead atoms. The molecule has 0 atom stereocenters. The third-order valence-electron chi connectivity index (χ3n) is 3.91. The third kappa shape index (κ3) is 3.82. The summed E-state index contributed by atoms with van der Waals surface area (Å²) in [7, 11) is 0. The van der Waals surface area contributed by atoms with E-state index >= 15 is 0 Å². The number of alkyl halides is 3. The van der Waals surface area contributed by atoms with Crippen molar-refractivity contribution in [3.05, 3.63) is 40.8 Å². The van der Waals surface area contributed by atoms with Crippen LogP contribution in [0.4, 0.5) is 18.0 Å². The van der Waals surface area contributed by atoms with E-state index in [2.05, 4.69) is 20.3 Å². The molecule has 30 heavy (non-hydrogen) atoms. The molecule has 13 heteroatoms. The van der Waals surface area contributed by atoms with Gasteiger partial charge in [0.25, 0.3) is 5.91 Å². The number of aryl methyl sites for hydroxylation is 1. The van der Waals surface area contributed by atoms with Gasteiger partial charge < -0.3 is 9.15 Å². The summed E-state index contributed by atoms with van der Waals surface area (Å²) in [5.74, 6) is -1.34.